The van der Waals surface area contributed by atoms with Crippen molar-refractivity contribution >= 4 is 22.5 Å². The lowest BCUT2D eigenvalue weighted by Crippen LogP contribution is -2.56. The molecule has 2 aromatic carbocycles. The van der Waals surface area contributed by atoms with Crippen LogP contribution in [0.4, 0.5) is 5.82 Å². The molecular formula is C34H33N7O2. The minimum atomic E-state index is -0.259. The number of carbonyl (C=O) groups excluding carboxylic acids is 1. The Morgan fingerprint density at radius 3 is 2.74 bits per heavy atom. The fourth-order valence-electron chi connectivity index (χ4n) is 6.89. The predicted molar refractivity (Wildman–Crippen MR) is 164 cm³/mol. The van der Waals surface area contributed by atoms with E-state index < -0.39 is 0 Å². The van der Waals surface area contributed by atoms with E-state index in [1.165, 1.54) is 28.0 Å². The van der Waals surface area contributed by atoms with Gasteiger partial charge >= 0.3 is 6.01 Å². The molecule has 2 aromatic heterocycles. The van der Waals surface area contributed by atoms with Crippen molar-refractivity contribution in [2.75, 3.05) is 31.1 Å². The topological polar surface area (TPSA) is 79.1 Å². The predicted octanol–water partition coefficient (Wildman–Crippen LogP) is 4.90. The van der Waals surface area contributed by atoms with Gasteiger partial charge in [-0.1, -0.05) is 43.0 Å². The zero-order valence-corrected chi connectivity index (χ0v) is 24.2. The first-order chi connectivity index (χ1) is 21.0. The fourth-order valence-corrected chi connectivity index (χ4v) is 6.89. The SMILES string of the molecule is [C-]#[N+]C[C@H]1CN(c2nc(O[C@H](C)c3ccncc3)nc3c2CN(C2Cc4cccc5cccc2c45)C3)CCN1C(=O)C=C. The number of fused-ring (bicyclic) bond motifs is 1. The third-order valence-electron chi connectivity index (χ3n) is 9.00. The number of hydrogen-bond acceptors (Lipinski definition) is 7. The highest BCUT2D eigenvalue weighted by atomic mass is 16.5. The van der Waals surface area contributed by atoms with Gasteiger partial charge in [0.1, 0.15) is 18.0 Å². The van der Waals surface area contributed by atoms with E-state index in [1.807, 2.05) is 19.1 Å². The molecule has 0 N–H and O–H groups in total. The van der Waals surface area contributed by atoms with Crippen LogP contribution in [0.2, 0.25) is 0 Å². The quantitative estimate of drug-likeness (QED) is 0.231. The lowest BCUT2D eigenvalue weighted by atomic mass is 10.0. The molecule has 7 rings (SSSR count). The lowest BCUT2D eigenvalue weighted by Gasteiger charge is -2.40. The van der Waals surface area contributed by atoms with Gasteiger partial charge in [0.15, 0.2) is 0 Å². The molecule has 0 bridgehead atoms. The standard InChI is InChI=1S/C34H33N7O2/c1-4-31(42)41-16-15-39(19-26(41)18-35-3)33-28-20-40(30-17-25-9-5-7-24-8-6-10-27(30)32(24)25)21-29(28)37-34(38-33)43-22(2)23-11-13-36-14-12-23/h4-14,22,26,30H,1,15-21H2,2H3/t22-,26+,30?/m1/s1. The van der Waals surface area contributed by atoms with Gasteiger partial charge < -0.3 is 19.4 Å². The Bertz CT molecular complexity index is 1750. The van der Waals surface area contributed by atoms with Crippen LogP contribution in [0.3, 0.4) is 0 Å². The first kappa shape index (κ1) is 27.0. The summed E-state index contributed by atoms with van der Waals surface area (Å²) < 4.78 is 6.34. The Hall–Kier alpha value is -4.81. The zero-order chi connectivity index (χ0) is 29.5. The summed E-state index contributed by atoms with van der Waals surface area (Å²) in [6.45, 7) is 16.4. The molecule has 0 spiro atoms. The van der Waals surface area contributed by atoms with E-state index in [2.05, 4.69) is 62.6 Å². The largest absolute Gasteiger partial charge is 0.456 e. The molecule has 4 heterocycles. The summed E-state index contributed by atoms with van der Waals surface area (Å²) in [7, 11) is 0. The number of piperazine rings is 1. The van der Waals surface area contributed by atoms with E-state index in [0.717, 1.165) is 35.6 Å². The van der Waals surface area contributed by atoms with Crippen LogP contribution < -0.4 is 9.64 Å². The molecule has 1 saturated heterocycles. The molecule has 216 valence electrons. The van der Waals surface area contributed by atoms with E-state index in [1.54, 1.807) is 17.3 Å². The summed E-state index contributed by atoms with van der Waals surface area (Å²) in [6, 6.07) is 17.4. The van der Waals surface area contributed by atoms with Crippen LogP contribution in [-0.2, 0) is 24.3 Å². The minimum absolute atomic E-state index is 0.141. The third kappa shape index (κ3) is 4.88. The van der Waals surface area contributed by atoms with Crippen molar-refractivity contribution < 1.29 is 9.53 Å². The number of amides is 1. The van der Waals surface area contributed by atoms with Crippen LogP contribution in [-0.4, -0.2) is 62.9 Å². The maximum atomic E-state index is 12.6. The summed E-state index contributed by atoms with van der Waals surface area (Å²) in [6.07, 6.45) is 5.54. The molecule has 9 heteroatoms. The number of ether oxygens (including phenoxy) is 1. The molecule has 3 aliphatic rings. The average Bonchev–Trinajstić information content (AvgIpc) is 3.64. The van der Waals surface area contributed by atoms with Gasteiger partial charge in [-0.05, 0) is 59.0 Å². The summed E-state index contributed by atoms with van der Waals surface area (Å²) in [5, 5.41) is 2.66. The van der Waals surface area contributed by atoms with Crippen LogP contribution in [0.5, 0.6) is 6.01 Å². The highest BCUT2D eigenvalue weighted by Gasteiger charge is 2.38. The van der Waals surface area contributed by atoms with E-state index in [0.29, 0.717) is 32.2 Å². The van der Waals surface area contributed by atoms with Crippen LogP contribution >= 0.6 is 0 Å². The van der Waals surface area contributed by atoms with E-state index in [4.69, 9.17) is 21.3 Å². The van der Waals surface area contributed by atoms with Crippen LogP contribution in [0.15, 0.2) is 73.6 Å². The second-order valence-electron chi connectivity index (χ2n) is 11.5. The van der Waals surface area contributed by atoms with Gasteiger partial charge in [-0.15, -0.1) is 0 Å². The van der Waals surface area contributed by atoms with Gasteiger partial charge in [0, 0.05) is 56.7 Å². The molecule has 1 fully saturated rings. The number of aromatic nitrogens is 3. The Balaban J connectivity index is 1.23. The van der Waals surface area contributed by atoms with Crippen molar-refractivity contribution in [3.8, 4) is 6.01 Å². The van der Waals surface area contributed by atoms with Gasteiger partial charge in [0.05, 0.1) is 5.69 Å². The molecule has 4 aromatic rings. The molecule has 1 amide bonds. The first-order valence-electron chi connectivity index (χ1n) is 14.8. The fraction of sp³-hybridized carbons (Fsp3) is 0.324. The van der Waals surface area contributed by atoms with Crippen molar-refractivity contribution in [2.45, 2.75) is 44.6 Å². The van der Waals surface area contributed by atoms with Crippen molar-refractivity contribution in [1.82, 2.24) is 24.8 Å². The molecule has 43 heavy (non-hydrogen) atoms. The molecular weight excluding hydrogens is 538 g/mol. The van der Waals surface area contributed by atoms with E-state index in [9.17, 15) is 4.79 Å². The first-order valence-corrected chi connectivity index (χ1v) is 14.8. The van der Waals surface area contributed by atoms with Crippen molar-refractivity contribution in [1.29, 1.82) is 0 Å². The normalized spacial score (nSPS) is 20.1. The van der Waals surface area contributed by atoms with Gasteiger partial charge in [0.25, 0.3) is 0 Å². The smallest absolute Gasteiger partial charge is 0.319 e. The number of benzene rings is 2. The molecule has 9 nitrogen and oxygen atoms in total. The van der Waals surface area contributed by atoms with Gasteiger partial charge in [-0.3, -0.25) is 14.7 Å². The van der Waals surface area contributed by atoms with Crippen molar-refractivity contribution in [2.24, 2.45) is 0 Å². The molecule has 1 unspecified atom stereocenters. The van der Waals surface area contributed by atoms with Gasteiger partial charge in [-0.25, -0.2) is 6.57 Å². The number of rotatable bonds is 7. The molecule has 1 aliphatic carbocycles. The highest BCUT2D eigenvalue weighted by Crippen LogP contribution is 2.44. The number of pyridine rings is 1. The minimum Gasteiger partial charge on any atom is -0.456 e. The average molecular weight is 572 g/mol. The van der Waals surface area contributed by atoms with Crippen molar-refractivity contribution in [3.63, 3.8) is 0 Å². The summed E-state index contributed by atoms with van der Waals surface area (Å²) in [5.74, 6) is 0.691. The second kappa shape index (κ2) is 11.1. The Labute approximate surface area is 251 Å². The number of nitrogens with zero attached hydrogens (tertiary/aromatic N) is 7. The van der Waals surface area contributed by atoms with E-state index >= 15 is 0 Å². The molecule has 3 atom stereocenters. The Morgan fingerprint density at radius 2 is 1.95 bits per heavy atom. The number of hydrogen-bond donors (Lipinski definition) is 0. The summed E-state index contributed by atoms with van der Waals surface area (Å²) in [5.41, 5.74) is 5.81. The molecule has 0 radical (unpaired) electrons. The summed E-state index contributed by atoms with van der Waals surface area (Å²) in [4.78, 5) is 36.8. The maximum absolute atomic E-state index is 12.6. The zero-order valence-electron chi connectivity index (χ0n) is 24.2. The number of carbonyl (C=O) groups is 1. The van der Waals surface area contributed by atoms with E-state index in [-0.39, 0.29) is 30.6 Å². The second-order valence-corrected chi connectivity index (χ2v) is 11.5. The van der Waals surface area contributed by atoms with Crippen LogP contribution in [0.25, 0.3) is 15.6 Å². The van der Waals surface area contributed by atoms with Gasteiger partial charge in [0.2, 0.25) is 12.5 Å². The maximum Gasteiger partial charge on any atom is 0.319 e. The molecule has 2 aliphatic heterocycles. The Kier molecular flexibility index (Phi) is 6.99. The van der Waals surface area contributed by atoms with Crippen LogP contribution in [0, 0.1) is 6.57 Å². The number of anilines is 1. The third-order valence-corrected chi connectivity index (χ3v) is 9.00. The van der Waals surface area contributed by atoms with Crippen LogP contribution in [0.1, 0.15) is 47.0 Å². The lowest BCUT2D eigenvalue weighted by molar-refractivity contribution is -0.128. The van der Waals surface area contributed by atoms with Gasteiger partial charge in [-0.2, -0.15) is 9.97 Å². The molecule has 0 saturated carbocycles. The highest BCUT2D eigenvalue weighted by molar-refractivity contribution is 5.91. The monoisotopic (exact) mass is 571 g/mol. The Morgan fingerprint density at radius 1 is 1.14 bits per heavy atom. The summed E-state index contributed by atoms with van der Waals surface area (Å²) >= 11 is 0. The van der Waals surface area contributed by atoms with Crippen molar-refractivity contribution in [3.05, 3.63) is 113 Å².